The van der Waals surface area contributed by atoms with Gasteiger partial charge in [0.25, 0.3) is 5.92 Å². The van der Waals surface area contributed by atoms with Crippen LogP contribution in [0.2, 0.25) is 0 Å². The first-order valence-electron chi connectivity index (χ1n) is 3.77. The minimum Gasteiger partial charge on any atom is -0.390 e. The molecule has 0 fully saturated rings. The maximum atomic E-state index is 12.7. The van der Waals surface area contributed by atoms with E-state index in [-0.39, 0.29) is 0 Å². The van der Waals surface area contributed by atoms with Gasteiger partial charge in [0.15, 0.2) is 0 Å². The molecule has 0 amide bonds. The lowest BCUT2D eigenvalue weighted by Gasteiger charge is -2.13. The van der Waals surface area contributed by atoms with Gasteiger partial charge in [-0.1, -0.05) is 34.1 Å². The van der Waals surface area contributed by atoms with E-state index in [1.807, 2.05) is 0 Å². The van der Waals surface area contributed by atoms with E-state index in [9.17, 15) is 8.78 Å². The fourth-order valence-electron chi connectivity index (χ4n) is 0.976. The van der Waals surface area contributed by atoms with Crippen LogP contribution in [0.5, 0.6) is 0 Å². The molecule has 0 radical (unpaired) electrons. The van der Waals surface area contributed by atoms with Crippen molar-refractivity contribution in [3.63, 3.8) is 0 Å². The van der Waals surface area contributed by atoms with E-state index in [1.54, 1.807) is 24.3 Å². The molecule has 0 saturated carbocycles. The van der Waals surface area contributed by atoms with Crippen LogP contribution in [-0.4, -0.2) is 17.6 Å². The average Bonchev–Trinajstić information content (AvgIpc) is 2.09. The number of hydrogen-bond acceptors (Lipinski definition) is 1. The monoisotopic (exact) mass is 250 g/mol. The van der Waals surface area contributed by atoms with Crippen LogP contribution >= 0.6 is 15.9 Å². The lowest BCUT2D eigenvalue weighted by Crippen LogP contribution is -2.24. The zero-order chi connectivity index (χ0) is 9.90. The van der Waals surface area contributed by atoms with Gasteiger partial charge in [-0.2, -0.15) is 0 Å². The zero-order valence-electron chi connectivity index (χ0n) is 6.80. The highest BCUT2D eigenvalue weighted by Gasteiger charge is 2.28. The third kappa shape index (κ3) is 3.04. The Morgan fingerprint density at radius 3 is 2.46 bits per heavy atom. The average molecular weight is 251 g/mol. The molecular weight excluding hydrogens is 242 g/mol. The summed E-state index contributed by atoms with van der Waals surface area (Å²) in [6.45, 7) is -1.12. The fourth-order valence-corrected chi connectivity index (χ4v) is 1.40. The largest absolute Gasteiger partial charge is 0.390 e. The van der Waals surface area contributed by atoms with Gasteiger partial charge in [-0.3, -0.25) is 0 Å². The lowest BCUT2D eigenvalue weighted by molar-refractivity contribution is -0.0489. The maximum Gasteiger partial charge on any atom is 0.274 e. The summed E-state index contributed by atoms with van der Waals surface area (Å²) >= 11 is 3.16. The summed E-state index contributed by atoms with van der Waals surface area (Å²) < 4.78 is 26.1. The molecule has 0 atom stereocenters. The normalized spacial score (nSPS) is 11.7. The molecule has 0 bridgehead atoms. The minimum absolute atomic E-state index is 0.440. The molecular formula is C9H9BrF2O. The first kappa shape index (κ1) is 10.6. The topological polar surface area (TPSA) is 20.2 Å². The maximum absolute atomic E-state index is 12.7. The summed E-state index contributed by atoms with van der Waals surface area (Å²) in [5, 5.41) is 8.38. The number of rotatable bonds is 3. The Labute approximate surface area is 83.5 Å². The summed E-state index contributed by atoms with van der Waals surface area (Å²) in [5.74, 6) is -3.04. The Morgan fingerprint density at radius 1 is 1.31 bits per heavy atom. The van der Waals surface area contributed by atoms with Gasteiger partial charge in [0.05, 0.1) is 0 Å². The van der Waals surface area contributed by atoms with E-state index < -0.39 is 19.0 Å². The van der Waals surface area contributed by atoms with Crippen LogP contribution in [0, 0.1) is 0 Å². The molecule has 0 aromatic heterocycles. The number of aliphatic hydroxyl groups is 1. The molecule has 1 rings (SSSR count). The van der Waals surface area contributed by atoms with Crippen molar-refractivity contribution in [1.82, 2.24) is 0 Å². The van der Waals surface area contributed by atoms with Crippen LogP contribution in [0.1, 0.15) is 5.56 Å². The molecule has 0 unspecified atom stereocenters. The predicted molar refractivity (Wildman–Crippen MR) is 49.9 cm³/mol. The van der Waals surface area contributed by atoms with E-state index >= 15 is 0 Å². The second-order valence-electron chi connectivity index (χ2n) is 2.78. The van der Waals surface area contributed by atoms with Crippen molar-refractivity contribution in [2.24, 2.45) is 0 Å². The fraction of sp³-hybridized carbons (Fsp3) is 0.333. The molecule has 72 valence electrons. The number of alkyl halides is 2. The highest BCUT2D eigenvalue weighted by molar-refractivity contribution is 9.10. The van der Waals surface area contributed by atoms with Crippen molar-refractivity contribution in [3.8, 4) is 0 Å². The molecule has 1 aromatic carbocycles. The zero-order valence-corrected chi connectivity index (χ0v) is 8.39. The van der Waals surface area contributed by atoms with Crippen LogP contribution in [0.25, 0.3) is 0 Å². The van der Waals surface area contributed by atoms with Crippen LogP contribution in [-0.2, 0) is 6.42 Å². The molecule has 1 N–H and O–H groups in total. The molecule has 0 aliphatic heterocycles. The Morgan fingerprint density at radius 2 is 1.92 bits per heavy atom. The first-order chi connectivity index (χ1) is 6.05. The van der Waals surface area contributed by atoms with E-state index in [1.165, 1.54) is 0 Å². The van der Waals surface area contributed by atoms with Crippen LogP contribution in [0.4, 0.5) is 8.78 Å². The van der Waals surface area contributed by atoms with Crippen molar-refractivity contribution in [3.05, 3.63) is 34.3 Å². The molecule has 0 aliphatic carbocycles. The van der Waals surface area contributed by atoms with Crippen LogP contribution in [0.3, 0.4) is 0 Å². The van der Waals surface area contributed by atoms with Crippen molar-refractivity contribution in [2.45, 2.75) is 12.3 Å². The molecule has 1 nitrogen and oxygen atoms in total. The molecule has 0 spiro atoms. The van der Waals surface area contributed by atoms with E-state index in [2.05, 4.69) is 15.9 Å². The Balaban J connectivity index is 2.80. The summed E-state index contributed by atoms with van der Waals surface area (Å²) in [7, 11) is 0. The van der Waals surface area contributed by atoms with E-state index in [0.717, 1.165) is 0 Å². The summed E-state index contributed by atoms with van der Waals surface area (Å²) in [6.07, 6.45) is -0.440. The number of benzene rings is 1. The van der Waals surface area contributed by atoms with Gasteiger partial charge in [0.2, 0.25) is 0 Å². The van der Waals surface area contributed by atoms with Crippen molar-refractivity contribution >= 4 is 15.9 Å². The summed E-state index contributed by atoms with van der Waals surface area (Å²) in [6, 6.07) is 6.74. The van der Waals surface area contributed by atoms with Gasteiger partial charge < -0.3 is 5.11 Å². The van der Waals surface area contributed by atoms with Crippen molar-refractivity contribution in [2.75, 3.05) is 6.61 Å². The first-order valence-corrected chi connectivity index (χ1v) is 4.56. The van der Waals surface area contributed by atoms with Crippen LogP contribution in [0.15, 0.2) is 28.7 Å². The molecule has 0 heterocycles. The van der Waals surface area contributed by atoms with Crippen molar-refractivity contribution < 1.29 is 13.9 Å². The highest BCUT2D eigenvalue weighted by Crippen LogP contribution is 2.24. The second-order valence-corrected chi connectivity index (χ2v) is 3.64. The van der Waals surface area contributed by atoms with E-state index in [4.69, 9.17) is 5.11 Å². The molecule has 0 saturated heterocycles. The Hall–Kier alpha value is -0.480. The third-order valence-electron chi connectivity index (χ3n) is 1.64. The number of aliphatic hydroxyl groups excluding tert-OH is 1. The number of hydrogen-bond donors (Lipinski definition) is 1. The quantitative estimate of drug-likeness (QED) is 0.875. The van der Waals surface area contributed by atoms with Gasteiger partial charge in [0, 0.05) is 10.9 Å². The lowest BCUT2D eigenvalue weighted by atomic mass is 10.1. The van der Waals surface area contributed by atoms with Gasteiger partial charge in [0.1, 0.15) is 6.61 Å². The standard InChI is InChI=1S/C9H9BrF2O/c10-8-4-2-1-3-7(8)5-9(11,12)6-13/h1-4,13H,5-6H2. The van der Waals surface area contributed by atoms with E-state index in [0.29, 0.717) is 10.0 Å². The molecule has 4 heteroatoms. The minimum atomic E-state index is -3.04. The van der Waals surface area contributed by atoms with Crippen LogP contribution < -0.4 is 0 Å². The summed E-state index contributed by atoms with van der Waals surface area (Å²) in [5.41, 5.74) is 0.501. The summed E-state index contributed by atoms with van der Waals surface area (Å²) in [4.78, 5) is 0. The molecule has 1 aromatic rings. The molecule has 13 heavy (non-hydrogen) atoms. The van der Waals surface area contributed by atoms with Gasteiger partial charge in [-0.15, -0.1) is 0 Å². The molecule has 0 aliphatic rings. The number of halogens is 3. The third-order valence-corrected chi connectivity index (χ3v) is 2.41. The highest BCUT2D eigenvalue weighted by atomic mass is 79.9. The van der Waals surface area contributed by atoms with Gasteiger partial charge in [-0.25, -0.2) is 8.78 Å². The smallest absolute Gasteiger partial charge is 0.274 e. The van der Waals surface area contributed by atoms with Gasteiger partial charge >= 0.3 is 0 Å². The van der Waals surface area contributed by atoms with Crippen molar-refractivity contribution in [1.29, 1.82) is 0 Å². The second kappa shape index (κ2) is 4.15. The SMILES string of the molecule is OCC(F)(F)Cc1ccccc1Br. The Kier molecular flexibility index (Phi) is 3.39. The van der Waals surface area contributed by atoms with Gasteiger partial charge in [-0.05, 0) is 11.6 Å². The Bertz CT molecular complexity index is 289. The predicted octanol–water partition coefficient (Wildman–Crippen LogP) is 2.62.